The van der Waals surface area contributed by atoms with Crippen LogP contribution in [0.25, 0.3) is 0 Å². The van der Waals surface area contributed by atoms with Gasteiger partial charge in [-0.2, -0.15) is 0 Å². The van der Waals surface area contributed by atoms with Gasteiger partial charge in [0.05, 0.1) is 0 Å². The van der Waals surface area contributed by atoms with Crippen LogP contribution in [-0.2, 0) is 0 Å². The molecule has 2 heterocycles. The Morgan fingerprint density at radius 1 is 1.56 bits per heavy atom. The molecule has 1 aromatic heterocycles. The van der Waals surface area contributed by atoms with Gasteiger partial charge >= 0.3 is 64.9 Å². The van der Waals surface area contributed by atoms with Gasteiger partial charge in [-0.15, -0.1) is 0 Å². The first-order valence-corrected chi connectivity index (χ1v) is 6.32. The standard InChI is InChI=1S/C7H7N.Sb/c1-2-7-5-3-4-6-8-7;/h2-6H,1H2;. The molecule has 1 saturated heterocycles. The summed E-state index contributed by atoms with van der Waals surface area (Å²) in [6.07, 6.45) is 1.89. The van der Waals surface area contributed by atoms with Crippen molar-refractivity contribution in [2.24, 2.45) is 0 Å². The molecule has 0 spiro atoms. The van der Waals surface area contributed by atoms with Crippen molar-refractivity contribution in [3.05, 3.63) is 30.1 Å². The molecule has 1 aliphatic rings. The second kappa shape index (κ2) is 2.30. The molecular formula is C7H7NSb. The summed E-state index contributed by atoms with van der Waals surface area (Å²) in [6, 6.07) is 6.21. The topological polar surface area (TPSA) is 12.9 Å². The van der Waals surface area contributed by atoms with E-state index >= 15 is 0 Å². The van der Waals surface area contributed by atoms with Crippen molar-refractivity contribution in [1.29, 1.82) is 0 Å². The van der Waals surface area contributed by atoms with Crippen LogP contribution in [0.3, 0.4) is 0 Å². The molecule has 0 amide bonds. The molecule has 0 N–H and O–H groups in total. The Labute approximate surface area is 65.0 Å². The van der Waals surface area contributed by atoms with Crippen LogP contribution in [0.5, 0.6) is 0 Å². The molecule has 1 aliphatic heterocycles. The second-order valence-corrected chi connectivity index (χ2v) is 6.00. The third-order valence-corrected chi connectivity index (χ3v) is 4.23. The average Bonchev–Trinajstić information content (AvgIpc) is 2.71. The number of hydrogen-bond acceptors (Lipinski definition) is 1. The second-order valence-electron chi connectivity index (χ2n) is 2.14. The zero-order valence-electron chi connectivity index (χ0n) is 4.99. The minimum absolute atomic E-state index is 0.238. The molecule has 1 nitrogen and oxygen atoms in total. The van der Waals surface area contributed by atoms with E-state index in [0.717, 1.165) is 3.86 Å². The first kappa shape index (κ1) is 5.73. The van der Waals surface area contributed by atoms with Crippen molar-refractivity contribution >= 4 is 21.6 Å². The zero-order chi connectivity index (χ0) is 6.10. The van der Waals surface area contributed by atoms with Gasteiger partial charge in [0.2, 0.25) is 0 Å². The normalized spacial score (nSPS) is 23.8. The van der Waals surface area contributed by atoms with Gasteiger partial charge in [-0.1, -0.05) is 0 Å². The summed E-state index contributed by atoms with van der Waals surface area (Å²) in [5.41, 5.74) is 1.34. The number of rotatable bonds is 1. The Bertz CT molecular complexity index is 193. The van der Waals surface area contributed by atoms with Crippen LogP contribution in [0.15, 0.2) is 24.4 Å². The number of pyridine rings is 1. The van der Waals surface area contributed by atoms with Crippen molar-refractivity contribution in [2.75, 3.05) is 0 Å². The molecule has 2 rings (SSSR count). The Balaban J connectivity index is 2.29. The molecule has 1 atom stereocenters. The Hall–Kier alpha value is -0.0318. The third kappa shape index (κ3) is 1.27. The van der Waals surface area contributed by atoms with E-state index < -0.39 is 0 Å². The first-order chi connectivity index (χ1) is 4.47. The Morgan fingerprint density at radius 2 is 2.44 bits per heavy atom. The summed E-state index contributed by atoms with van der Waals surface area (Å²) in [7, 11) is 0. The molecule has 45 valence electrons. The van der Waals surface area contributed by atoms with E-state index in [4.69, 9.17) is 0 Å². The van der Waals surface area contributed by atoms with Crippen LogP contribution in [0.4, 0.5) is 0 Å². The van der Waals surface area contributed by atoms with Crippen molar-refractivity contribution in [2.45, 2.75) is 8.23 Å². The van der Waals surface area contributed by atoms with Crippen LogP contribution in [0, 0.1) is 0 Å². The molecule has 1 radical (unpaired) electrons. The fourth-order valence-corrected chi connectivity index (χ4v) is 2.62. The first-order valence-electron chi connectivity index (χ1n) is 3.04. The van der Waals surface area contributed by atoms with Crippen LogP contribution < -0.4 is 0 Å². The molecule has 1 aromatic rings. The van der Waals surface area contributed by atoms with Gasteiger partial charge in [0.25, 0.3) is 0 Å². The van der Waals surface area contributed by atoms with Gasteiger partial charge in [-0.25, -0.2) is 0 Å². The molecule has 2 heteroatoms. The van der Waals surface area contributed by atoms with Crippen LogP contribution in [0.2, 0.25) is 4.37 Å². The van der Waals surface area contributed by atoms with Gasteiger partial charge in [0.1, 0.15) is 0 Å². The maximum absolute atomic E-state index is 4.28. The van der Waals surface area contributed by atoms with E-state index in [2.05, 4.69) is 17.1 Å². The minimum atomic E-state index is 0.238. The maximum atomic E-state index is 4.28. The molecule has 0 bridgehead atoms. The van der Waals surface area contributed by atoms with E-state index in [0.29, 0.717) is 0 Å². The van der Waals surface area contributed by atoms with E-state index in [1.807, 2.05) is 12.3 Å². The summed E-state index contributed by atoms with van der Waals surface area (Å²) < 4.78 is 2.44. The van der Waals surface area contributed by atoms with Crippen LogP contribution in [0.1, 0.15) is 9.56 Å². The molecule has 1 fully saturated rings. The summed E-state index contributed by atoms with van der Waals surface area (Å²) in [6.45, 7) is 0. The number of aromatic nitrogens is 1. The van der Waals surface area contributed by atoms with Gasteiger partial charge in [0, 0.05) is 0 Å². The van der Waals surface area contributed by atoms with E-state index in [1.54, 1.807) is 0 Å². The predicted octanol–water partition coefficient (Wildman–Crippen LogP) is 1.26. The van der Waals surface area contributed by atoms with Crippen molar-refractivity contribution < 1.29 is 0 Å². The van der Waals surface area contributed by atoms with Crippen LogP contribution in [-0.4, -0.2) is 26.6 Å². The van der Waals surface area contributed by atoms with Crippen LogP contribution >= 0.6 is 0 Å². The quantitative estimate of drug-likeness (QED) is 0.658. The van der Waals surface area contributed by atoms with E-state index in [-0.39, 0.29) is 21.6 Å². The van der Waals surface area contributed by atoms with E-state index in [1.165, 1.54) is 10.1 Å². The summed E-state index contributed by atoms with van der Waals surface area (Å²) >= 11 is 0.238. The fraction of sp³-hybridized carbons (Fsp3) is 0.286. The Kier molecular flexibility index (Phi) is 1.46. The summed E-state index contributed by atoms with van der Waals surface area (Å²) in [5.74, 6) is 0. The molecule has 0 saturated carbocycles. The van der Waals surface area contributed by atoms with E-state index in [9.17, 15) is 0 Å². The molecule has 0 aliphatic carbocycles. The molecule has 0 aromatic carbocycles. The third-order valence-electron chi connectivity index (χ3n) is 1.39. The van der Waals surface area contributed by atoms with Gasteiger partial charge in [-0.3, -0.25) is 0 Å². The van der Waals surface area contributed by atoms with Gasteiger partial charge in [0.15, 0.2) is 0 Å². The van der Waals surface area contributed by atoms with Crippen molar-refractivity contribution in [3.8, 4) is 0 Å². The van der Waals surface area contributed by atoms with Gasteiger partial charge in [-0.05, 0) is 0 Å². The molecule has 9 heavy (non-hydrogen) atoms. The summed E-state index contributed by atoms with van der Waals surface area (Å²) in [5, 5.41) is 0. The average molecular weight is 227 g/mol. The van der Waals surface area contributed by atoms with Crippen molar-refractivity contribution in [1.82, 2.24) is 4.98 Å². The predicted molar refractivity (Wildman–Crippen MR) is 37.5 cm³/mol. The fourth-order valence-electron chi connectivity index (χ4n) is 0.813. The zero-order valence-corrected chi connectivity index (χ0v) is 7.54. The summed E-state index contributed by atoms with van der Waals surface area (Å²) in [4.78, 5) is 4.28. The molecule has 1 unspecified atom stereocenters. The number of nitrogens with zero attached hydrogens (tertiary/aromatic N) is 1. The van der Waals surface area contributed by atoms with Crippen molar-refractivity contribution in [3.63, 3.8) is 0 Å². The SMILES string of the molecule is c1ccc([CH]2[CH2][Sb]2)nc1. The van der Waals surface area contributed by atoms with Gasteiger partial charge < -0.3 is 0 Å². The Morgan fingerprint density at radius 3 is 3.00 bits per heavy atom. The monoisotopic (exact) mass is 226 g/mol. The number of hydrogen-bond donors (Lipinski definition) is 0. The molecular weight excluding hydrogens is 220 g/mol.